The van der Waals surface area contributed by atoms with Crippen molar-refractivity contribution in [2.24, 2.45) is 5.73 Å². The lowest BCUT2D eigenvalue weighted by atomic mass is 10.3. The third kappa shape index (κ3) is 10.8. The molecule has 0 rings (SSSR count). The number of hydrogen-bond donors (Lipinski definition) is 1. The molecule has 0 aromatic carbocycles. The maximum Gasteiger partial charge on any atom is 0.404 e. The zero-order chi connectivity index (χ0) is 9.94. The second kappa shape index (κ2) is 8.90. The summed E-state index contributed by atoms with van der Waals surface area (Å²) in [5.41, 5.74) is 4.74. The first-order valence-electron chi connectivity index (χ1n) is 4.46. The van der Waals surface area contributed by atoms with Crippen LogP contribution in [0.2, 0.25) is 0 Å². The van der Waals surface area contributed by atoms with Crippen LogP contribution in [0.15, 0.2) is 12.3 Å². The Hall–Kier alpha value is -1.19. The molecule has 0 aromatic rings. The molecule has 0 saturated heterocycles. The molecule has 2 N–H and O–H groups in total. The summed E-state index contributed by atoms with van der Waals surface area (Å²) in [4.78, 5) is 10.1. The number of amides is 1. The highest BCUT2D eigenvalue weighted by Crippen LogP contribution is 1.94. The quantitative estimate of drug-likeness (QED) is 0.488. The molecule has 0 radical (unpaired) electrons. The second-order valence-electron chi connectivity index (χ2n) is 2.58. The van der Waals surface area contributed by atoms with Crippen molar-refractivity contribution >= 4 is 6.09 Å². The molecule has 0 aliphatic carbocycles. The molecule has 0 heterocycles. The predicted molar refractivity (Wildman–Crippen MR) is 50.2 cm³/mol. The van der Waals surface area contributed by atoms with Gasteiger partial charge in [0.05, 0.1) is 12.9 Å². The van der Waals surface area contributed by atoms with Crippen molar-refractivity contribution in [1.29, 1.82) is 0 Å². The minimum Gasteiger partial charge on any atom is -0.501 e. The van der Waals surface area contributed by atoms with Crippen molar-refractivity contribution in [3.8, 4) is 0 Å². The molecule has 0 spiro atoms. The topological polar surface area (TPSA) is 61.6 Å². The van der Waals surface area contributed by atoms with Gasteiger partial charge >= 0.3 is 6.09 Å². The molecule has 0 aliphatic rings. The van der Waals surface area contributed by atoms with Gasteiger partial charge in [-0.05, 0) is 12.5 Å². The first kappa shape index (κ1) is 11.8. The van der Waals surface area contributed by atoms with Gasteiger partial charge in [0.25, 0.3) is 0 Å². The Balaban J connectivity index is 3.08. The Morgan fingerprint density at radius 3 is 2.85 bits per heavy atom. The summed E-state index contributed by atoms with van der Waals surface area (Å²) in [7, 11) is 0. The van der Waals surface area contributed by atoms with Gasteiger partial charge in [-0.3, -0.25) is 0 Å². The molecule has 4 nitrogen and oxygen atoms in total. The lowest BCUT2D eigenvalue weighted by Crippen LogP contribution is -2.12. The van der Waals surface area contributed by atoms with Crippen LogP contribution in [0.4, 0.5) is 4.79 Å². The summed E-state index contributed by atoms with van der Waals surface area (Å²) in [5, 5.41) is 0. The van der Waals surface area contributed by atoms with Gasteiger partial charge in [-0.2, -0.15) is 0 Å². The average molecular weight is 187 g/mol. The van der Waals surface area contributed by atoms with E-state index in [2.05, 4.69) is 11.7 Å². The van der Waals surface area contributed by atoms with Gasteiger partial charge in [0.15, 0.2) is 0 Å². The molecule has 0 atom stereocenters. The normalized spacial score (nSPS) is 10.2. The van der Waals surface area contributed by atoms with Crippen LogP contribution in [0, 0.1) is 0 Å². The van der Waals surface area contributed by atoms with Crippen molar-refractivity contribution in [3.63, 3.8) is 0 Å². The molecule has 13 heavy (non-hydrogen) atoms. The molecule has 0 fully saturated rings. The van der Waals surface area contributed by atoms with Crippen molar-refractivity contribution < 1.29 is 14.3 Å². The van der Waals surface area contributed by atoms with E-state index in [9.17, 15) is 4.79 Å². The number of primary amides is 1. The summed E-state index contributed by atoms with van der Waals surface area (Å²) in [6, 6.07) is 0. The van der Waals surface area contributed by atoms with Gasteiger partial charge in [-0.1, -0.05) is 19.8 Å². The minimum atomic E-state index is -0.768. The number of hydrogen-bond acceptors (Lipinski definition) is 3. The van der Waals surface area contributed by atoms with Crippen LogP contribution in [0.25, 0.3) is 0 Å². The van der Waals surface area contributed by atoms with Crippen LogP contribution in [-0.2, 0) is 9.47 Å². The SMILES string of the molecule is CCCCCOC=CCOC(N)=O. The summed E-state index contributed by atoms with van der Waals surface area (Å²) >= 11 is 0. The highest BCUT2D eigenvalue weighted by atomic mass is 16.5. The van der Waals surface area contributed by atoms with Gasteiger partial charge in [-0.25, -0.2) is 4.79 Å². The fourth-order valence-electron chi connectivity index (χ4n) is 0.741. The Kier molecular flexibility index (Phi) is 8.09. The average Bonchev–Trinajstić information content (AvgIpc) is 2.09. The molecule has 0 aliphatic heterocycles. The fraction of sp³-hybridized carbons (Fsp3) is 0.667. The maximum atomic E-state index is 10.1. The number of carbonyl (C=O) groups excluding carboxylic acids is 1. The first-order valence-corrected chi connectivity index (χ1v) is 4.46. The predicted octanol–water partition coefficient (Wildman–Crippen LogP) is 1.80. The van der Waals surface area contributed by atoms with Crippen molar-refractivity contribution in [1.82, 2.24) is 0 Å². The molecule has 0 saturated carbocycles. The van der Waals surface area contributed by atoms with E-state index in [1.54, 1.807) is 6.08 Å². The molecule has 1 amide bonds. The Bertz CT molecular complexity index is 157. The van der Waals surface area contributed by atoms with Crippen molar-refractivity contribution in [3.05, 3.63) is 12.3 Å². The van der Waals surface area contributed by atoms with E-state index >= 15 is 0 Å². The highest BCUT2D eigenvalue weighted by Gasteiger charge is 1.87. The van der Waals surface area contributed by atoms with Gasteiger partial charge in [0, 0.05) is 0 Å². The second-order valence-corrected chi connectivity index (χ2v) is 2.58. The van der Waals surface area contributed by atoms with Crippen LogP contribution in [0.1, 0.15) is 26.2 Å². The monoisotopic (exact) mass is 187 g/mol. The summed E-state index contributed by atoms with van der Waals surface area (Å²) in [6.07, 6.45) is 5.77. The first-order chi connectivity index (χ1) is 6.27. The van der Waals surface area contributed by atoms with Crippen LogP contribution < -0.4 is 5.73 Å². The van der Waals surface area contributed by atoms with Crippen LogP contribution in [0.5, 0.6) is 0 Å². The van der Waals surface area contributed by atoms with Crippen LogP contribution in [-0.4, -0.2) is 19.3 Å². The van der Waals surface area contributed by atoms with E-state index in [0.717, 1.165) is 6.42 Å². The molecule has 0 bridgehead atoms. The number of rotatable bonds is 7. The van der Waals surface area contributed by atoms with Crippen molar-refractivity contribution in [2.45, 2.75) is 26.2 Å². The van der Waals surface area contributed by atoms with Crippen molar-refractivity contribution in [2.75, 3.05) is 13.2 Å². The van der Waals surface area contributed by atoms with Crippen LogP contribution >= 0.6 is 0 Å². The molecule has 0 unspecified atom stereocenters. The summed E-state index contributed by atoms with van der Waals surface area (Å²) < 4.78 is 9.55. The summed E-state index contributed by atoms with van der Waals surface area (Å²) in [6.45, 7) is 3.01. The maximum absolute atomic E-state index is 10.1. The fourth-order valence-corrected chi connectivity index (χ4v) is 0.741. The highest BCUT2D eigenvalue weighted by molar-refractivity contribution is 5.64. The van der Waals surface area contributed by atoms with E-state index in [0.29, 0.717) is 6.61 Å². The Morgan fingerprint density at radius 2 is 2.23 bits per heavy atom. The zero-order valence-corrected chi connectivity index (χ0v) is 7.99. The third-order valence-electron chi connectivity index (χ3n) is 1.38. The number of ether oxygens (including phenoxy) is 2. The smallest absolute Gasteiger partial charge is 0.404 e. The van der Waals surface area contributed by atoms with E-state index < -0.39 is 6.09 Å². The standard InChI is InChI=1S/C9H17NO3/c1-2-3-4-6-12-7-5-8-13-9(10)11/h5,7H,2-4,6,8H2,1H3,(H2,10,11). The molecule has 4 heteroatoms. The van der Waals surface area contributed by atoms with E-state index in [4.69, 9.17) is 10.5 Å². The number of carbonyl (C=O) groups is 1. The van der Waals surface area contributed by atoms with Crippen LogP contribution in [0.3, 0.4) is 0 Å². The van der Waals surface area contributed by atoms with Gasteiger partial charge in [0.1, 0.15) is 6.61 Å². The lowest BCUT2D eigenvalue weighted by molar-refractivity contribution is 0.167. The van der Waals surface area contributed by atoms with Gasteiger partial charge in [0.2, 0.25) is 0 Å². The van der Waals surface area contributed by atoms with Gasteiger partial charge in [-0.15, -0.1) is 0 Å². The third-order valence-corrected chi connectivity index (χ3v) is 1.38. The largest absolute Gasteiger partial charge is 0.501 e. The Labute approximate surface area is 78.7 Å². The molecular weight excluding hydrogens is 170 g/mol. The van der Waals surface area contributed by atoms with E-state index in [1.807, 2.05) is 0 Å². The minimum absolute atomic E-state index is 0.170. The zero-order valence-electron chi connectivity index (χ0n) is 7.99. The van der Waals surface area contributed by atoms with Gasteiger partial charge < -0.3 is 15.2 Å². The molecule has 0 aromatic heterocycles. The van der Waals surface area contributed by atoms with E-state index in [-0.39, 0.29) is 6.61 Å². The van der Waals surface area contributed by atoms with E-state index in [1.165, 1.54) is 19.1 Å². The number of unbranched alkanes of at least 4 members (excludes halogenated alkanes) is 2. The Morgan fingerprint density at radius 1 is 1.46 bits per heavy atom. The molecule has 76 valence electrons. The lowest BCUT2D eigenvalue weighted by Gasteiger charge is -1.98. The summed E-state index contributed by atoms with van der Waals surface area (Å²) in [5.74, 6) is 0. The number of nitrogens with two attached hydrogens (primary N) is 1. The molecular formula is C9H17NO3.